The monoisotopic (exact) mass is 71.0 g/mol. The van der Waals surface area contributed by atoms with Crippen LogP contribution in [0.25, 0.3) is 0 Å². The van der Waals surface area contributed by atoms with Crippen molar-refractivity contribution in [1.82, 2.24) is 16.5 Å². The summed E-state index contributed by atoms with van der Waals surface area (Å²) in [5, 5.41) is 3.43. The second-order valence-corrected chi connectivity index (χ2v) is 0.597. The van der Waals surface area contributed by atoms with E-state index in [1.165, 1.54) is 6.34 Å². The van der Waals surface area contributed by atoms with Crippen LogP contribution >= 0.6 is 0 Å². The molecule has 1 aliphatic rings. The van der Waals surface area contributed by atoms with Gasteiger partial charge in [-0.1, -0.05) is 0 Å². The molecule has 0 atom stereocenters. The summed E-state index contributed by atoms with van der Waals surface area (Å²) in [4.78, 5) is 0. The van der Waals surface area contributed by atoms with E-state index in [1.54, 1.807) is 0 Å². The van der Waals surface area contributed by atoms with Crippen molar-refractivity contribution in [2.24, 2.45) is 5.10 Å². The Labute approximate surface area is 29.2 Å². The van der Waals surface area contributed by atoms with Crippen molar-refractivity contribution in [3.8, 4) is 0 Å². The molecule has 0 aliphatic carbocycles. The van der Waals surface area contributed by atoms with Crippen LogP contribution in [0, 0.1) is 0 Å². The van der Waals surface area contributed by atoms with Gasteiger partial charge in [-0.3, -0.25) is 0 Å². The van der Waals surface area contributed by atoms with Gasteiger partial charge in [0.1, 0.15) is 0 Å². The summed E-state index contributed by atoms with van der Waals surface area (Å²) < 4.78 is 0. The summed E-state index contributed by atoms with van der Waals surface area (Å²) in [6, 6.07) is 0. The van der Waals surface area contributed by atoms with Crippen LogP contribution in [0.5, 0.6) is 0 Å². The van der Waals surface area contributed by atoms with Crippen LogP contribution in [-0.4, -0.2) is 6.34 Å². The Bertz CT molecular complexity index is 41.6. The molecular formula is CH3N4. The average Bonchev–Trinajstić information content (AvgIpc) is 1.76. The lowest BCUT2D eigenvalue weighted by atomic mass is 11.4. The number of hydrazone groups is 1. The fraction of sp³-hybridized carbons (Fsp3) is 0. The standard InChI is InChI=1S/CH3N4/c1-2-4-5-3-1/h1,4-5H. The third-order valence-electron chi connectivity index (χ3n) is 0.295. The van der Waals surface area contributed by atoms with Crippen molar-refractivity contribution in [1.29, 1.82) is 0 Å². The van der Waals surface area contributed by atoms with E-state index < -0.39 is 0 Å². The van der Waals surface area contributed by atoms with Crippen LogP contribution < -0.4 is 16.5 Å². The molecule has 27 valence electrons. The molecule has 0 fully saturated rings. The third kappa shape index (κ3) is 0.273. The first-order chi connectivity index (χ1) is 2.50. The Morgan fingerprint density at radius 3 is 2.60 bits per heavy atom. The first-order valence-corrected chi connectivity index (χ1v) is 1.21. The molecule has 0 aromatic rings. The van der Waals surface area contributed by atoms with E-state index in [9.17, 15) is 0 Å². The Kier molecular flexibility index (Phi) is 0.443. The molecule has 0 saturated heterocycles. The van der Waals surface area contributed by atoms with Crippen LogP contribution in [0.4, 0.5) is 0 Å². The van der Waals surface area contributed by atoms with E-state index in [2.05, 4.69) is 21.6 Å². The smallest absolute Gasteiger partial charge is 0.153 e. The lowest BCUT2D eigenvalue weighted by molar-refractivity contribution is 0.571. The molecule has 4 nitrogen and oxygen atoms in total. The Hall–Kier alpha value is -0.770. The van der Waals surface area contributed by atoms with E-state index in [1.807, 2.05) is 0 Å². The molecule has 1 rings (SSSR count). The molecule has 0 unspecified atom stereocenters. The summed E-state index contributed by atoms with van der Waals surface area (Å²) in [6.45, 7) is 0. The Morgan fingerprint density at radius 1 is 1.40 bits per heavy atom. The molecule has 4 heteroatoms. The molecule has 2 N–H and O–H groups in total. The zero-order chi connectivity index (χ0) is 3.54. The van der Waals surface area contributed by atoms with Gasteiger partial charge in [-0.25, -0.2) is 5.53 Å². The molecule has 5 heavy (non-hydrogen) atoms. The van der Waals surface area contributed by atoms with Gasteiger partial charge in [0.05, 0.1) is 0 Å². The molecule has 0 aromatic heterocycles. The van der Waals surface area contributed by atoms with Crippen LogP contribution in [-0.2, 0) is 0 Å². The molecular weight excluding hydrogens is 68.0 g/mol. The van der Waals surface area contributed by atoms with Crippen LogP contribution in [0.15, 0.2) is 5.10 Å². The molecule has 0 amide bonds. The van der Waals surface area contributed by atoms with Crippen molar-refractivity contribution >= 4 is 6.34 Å². The summed E-state index contributed by atoms with van der Waals surface area (Å²) in [5.74, 6) is 0. The van der Waals surface area contributed by atoms with Gasteiger partial charge in [0.25, 0.3) is 0 Å². The predicted molar refractivity (Wildman–Crippen MR) is 16.9 cm³/mol. The van der Waals surface area contributed by atoms with E-state index in [-0.39, 0.29) is 0 Å². The maximum Gasteiger partial charge on any atom is 0.153 e. The van der Waals surface area contributed by atoms with E-state index in [0.717, 1.165) is 0 Å². The lowest BCUT2D eigenvalue weighted by Crippen LogP contribution is -2.25. The van der Waals surface area contributed by atoms with Gasteiger partial charge in [-0.2, -0.15) is 5.43 Å². The number of rotatable bonds is 0. The second-order valence-electron chi connectivity index (χ2n) is 0.597. The molecule has 0 saturated carbocycles. The number of hydrogen-bond acceptors (Lipinski definition) is 3. The minimum Gasteiger partial charge on any atom is -0.221 e. The topological polar surface area (TPSA) is 50.5 Å². The van der Waals surface area contributed by atoms with E-state index >= 15 is 0 Å². The van der Waals surface area contributed by atoms with Crippen molar-refractivity contribution in [2.45, 2.75) is 0 Å². The summed E-state index contributed by atoms with van der Waals surface area (Å²) in [6.07, 6.45) is 1.39. The molecule has 0 spiro atoms. The minimum absolute atomic E-state index is 1.39. The number of hydrogen-bond donors (Lipinski definition) is 2. The highest BCUT2D eigenvalue weighted by Gasteiger charge is 1.79. The minimum atomic E-state index is 1.39. The van der Waals surface area contributed by atoms with E-state index in [4.69, 9.17) is 0 Å². The summed E-state index contributed by atoms with van der Waals surface area (Å²) >= 11 is 0. The van der Waals surface area contributed by atoms with Gasteiger partial charge in [0.15, 0.2) is 6.34 Å². The zero-order valence-corrected chi connectivity index (χ0v) is 2.47. The molecule has 1 heterocycles. The molecule has 1 aliphatic heterocycles. The fourth-order valence-electron chi connectivity index (χ4n) is 0.144. The fourth-order valence-corrected chi connectivity index (χ4v) is 0.144. The van der Waals surface area contributed by atoms with Gasteiger partial charge in [0, 0.05) is 0 Å². The lowest BCUT2D eigenvalue weighted by Gasteiger charge is -1.79. The van der Waals surface area contributed by atoms with Crippen LogP contribution in [0.1, 0.15) is 0 Å². The van der Waals surface area contributed by atoms with Gasteiger partial charge in [0.2, 0.25) is 0 Å². The Morgan fingerprint density at radius 2 is 2.40 bits per heavy atom. The number of nitrogens with one attached hydrogen (secondary N) is 2. The quantitative estimate of drug-likeness (QED) is 0.367. The van der Waals surface area contributed by atoms with Gasteiger partial charge in [-0.15, -0.1) is 10.6 Å². The number of nitrogens with zero attached hydrogens (tertiary/aromatic N) is 2. The zero-order valence-electron chi connectivity index (χ0n) is 2.47. The molecule has 0 bridgehead atoms. The van der Waals surface area contributed by atoms with Crippen molar-refractivity contribution in [3.63, 3.8) is 0 Å². The largest absolute Gasteiger partial charge is 0.221 e. The normalized spacial score (nSPS) is 17.6. The highest BCUT2D eigenvalue weighted by Crippen LogP contribution is 1.51. The summed E-state index contributed by atoms with van der Waals surface area (Å²) in [5.41, 5.74) is 8.18. The summed E-state index contributed by atoms with van der Waals surface area (Å²) in [7, 11) is 0. The first kappa shape index (κ1) is 2.47. The number of hydrazine groups is 1. The van der Waals surface area contributed by atoms with Gasteiger partial charge in [-0.05, 0) is 0 Å². The molecule has 0 aromatic carbocycles. The Balaban J connectivity index is 2.32. The van der Waals surface area contributed by atoms with Crippen molar-refractivity contribution < 1.29 is 0 Å². The SMILES string of the molecule is C1=NNN[N]1. The first-order valence-electron chi connectivity index (χ1n) is 1.21. The maximum atomic E-state index is 3.43. The van der Waals surface area contributed by atoms with Gasteiger partial charge < -0.3 is 0 Å². The predicted octanol–water partition coefficient (Wildman–Crippen LogP) is -1.44. The van der Waals surface area contributed by atoms with Crippen molar-refractivity contribution in [3.05, 3.63) is 0 Å². The third-order valence-corrected chi connectivity index (χ3v) is 0.295. The molecule has 1 radical (unpaired) electrons. The maximum absolute atomic E-state index is 3.43. The van der Waals surface area contributed by atoms with Crippen LogP contribution in [0.2, 0.25) is 0 Å². The van der Waals surface area contributed by atoms with Gasteiger partial charge >= 0.3 is 0 Å². The highest BCUT2D eigenvalue weighted by molar-refractivity contribution is 5.53. The van der Waals surface area contributed by atoms with Crippen molar-refractivity contribution in [2.75, 3.05) is 0 Å². The second kappa shape index (κ2) is 0.898. The highest BCUT2D eigenvalue weighted by atomic mass is 15.8. The van der Waals surface area contributed by atoms with Crippen LogP contribution in [0.3, 0.4) is 0 Å². The average molecular weight is 71.1 g/mol. The van der Waals surface area contributed by atoms with E-state index in [0.29, 0.717) is 0 Å².